The first kappa shape index (κ1) is 21.7. The number of halogens is 4. The second kappa shape index (κ2) is 8.21. The van der Waals surface area contributed by atoms with Crippen LogP contribution in [-0.2, 0) is 16.2 Å². The van der Waals surface area contributed by atoms with Crippen LogP contribution in [0.3, 0.4) is 0 Å². The molecule has 0 radical (unpaired) electrons. The second-order valence-electron chi connectivity index (χ2n) is 6.53. The fourth-order valence-corrected chi connectivity index (χ4v) is 5.03. The number of fused-ring (bicyclic) bond motifs is 1. The number of sulfonamides is 1. The van der Waals surface area contributed by atoms with E-state index in [1.54, 1.807) is 11.4 Å². The summed E-state index contributed by atoms with van der Waals surface area (Å²) in [6.45, 7) is 0.235. The van der Waals surface area contributed by atoms with Crippen LogP contribution in [0.2, 0.25) is 5.02 Å². The number of ether oxygens (including phenoxy) is 2. The molecule has 0 amide bonds. The minimum absolute atomic E-state index is 0.0188. The van der Waals surface area contributed by atoms with Gasteiger partial charge in [0.1, 0.15) is 17.6 Å². The quantitative estimate of drug-likeness (QED) is 0.509. The molecule has 1 atom stereocenters. The van der Waals surface area contributed by atoms with Crippen molar-refractivity contribution >= 4 is 38.1 Å². The summed E-state index contributed by atoms with van der Waals surface area (Å²) < 4.78 is 77.5. The van der Waals surface area contributed by atoms with E-state index in [4.69, 9.17) is 21.1 Å². The van der Waals surface area contributed by atoms with E-state index >= 15 is 0 Å². The lowest BCUT2D eigenvalue weighted by Gasteiger charge is -2.27. The van der Waals surface area contributed by atoms with Crippen molar-refractivity contribution in [1.29, 1.82) is 0 Å². The summed E-state index contributed by atoms with van der Waals surface area (Å²) in [7, 11) is -3.87. The number of nitrogens with zero attached hydrogens (tertiary/aromatic N) is 1. The minimum Gasteiger partial charge on any atom is -0.493 e. The van der Waals surface area contributed by atoms with Crippen molar-refractivity contribution in [2.75, 3.05) is 11.3 Å². The van der Waals surface area contributed by atoms with Crippen molar-refractivity contribution in [1.82, 2.24) is 4.98 Å². The number of benzene rings is 2. The molecular weight excluding hydrogens is 477 g/mol. The van der Waals surface area contributed by atoms with E-state index in [2.05, 4.69) is 9.71 Å². The van der Waals surface area contributed by atoms with Gasteiger partial charge in [-0.2, -0.15) is 13.2 Å². The average Bonchev–Trinajstić information content (AvgIpc) is 3.21. The fraction of sp³-hybridized carbons (Fsp3) is 0.211. The average molecular weight is 491 g/mol. The third-order valence-electron chi connectivity index (χ3n) is 4.46. The molecule has 3 aromatic rings. The van der Waals surface area contributed by atoms with Gasteiger partial charge in [0.05, 0.1) is 22.1 Å². The summed E-state index contributed by atoms with van der Waals surface area (Å²) in [6, 6.07) is 7.17. The van der Waals surface area contributed by atoms with Crippen molar-refractivity contribution in [3.63, 3.8) is 0 Å². The Hall–Kier alpha value is -2.50. The highest BCUT2D eigenvalue weighted by atomic mass is 35.5. The highest BCUT2D eigenvalue weighted by molar-refractivity contribution is 7.93. The molecule has 164 valence electrons. The fourth-order valence-electron chi connectivity index (χ4n) is 3.00. The summed E-state index contributed by atoms with van der Waals surface area (Å²) in [4.78, 5) is 3.88. The molecule has 0 saturated heterocycles. The minimum atomic E-state index is -4.51. The van der Waals surface area contributed by atoms with E-state index in [1.165, 1.54) is 18.3 Å². The summed E-state index contributed by atoms with van der Waals surface area (Å²) in [6.07, 6.45) is -3.19. The maximum absolute atomic E-state index is 12.8. The Balaban J connectivity index is 1.58. The van der Waals surface area contributed by atoms with Crippen LogP contribution in [0.5, 0.6) is 11.5 Å². The van der Waals surface area contributed by atoms with Crippen LogP contribution >= 0.6 is 22.9 Å². The Morgan fingerprint density at radius 1 is 1.23 bits per heavy atom. The molecule has 1 aromatic heterocycles. The zero-order valence-electron chi connectivity index (χ0n) is 15.5. The standard InChI is InChI=1S/C19H14ClF3N2O4S2/c20-14-9-11(19(21,22)23)1-4-16(14)29-15-5-7-28-17-10-12(2-3-13(15)17)31(26,27)25-18-24-6-8-30-18/h1-4,6,8-10,15H,5,7H2,(H,24,25). The summed E-state index contributed by atoms with van der Waals surface area (Å²) in [5.74, 6) is 0.399. The lowest BCUT2D eigenvalue weighted by molar-refractivity contribution is -0.137. The maximum atomic E-state index is 12.8. The lowest BCUT2D eigenvalue weighted by Crippen LogP contribution is -2.20. The lowest BCUT2D eigenvalue weighted by atomic mass is 10.0. The third kappa shape index (κ3) is 4.73. The van der Waals surface area contributed by atoms with Gasteiger partial charge in [0, 0.05) is 29.6 Å². The van der Waals surface area contributed by atoms with Gasteiger partial charge in [-0.1, -0.05) is 17.7 Å². The van der Waals surface area contributed by atoms with Gasteiger partial charge in [0.25, 0.3) is 10.0 Å². The van der Waals surface area contributed by atoms with Gasteiger partial charge in [-0.05, 0) is 24.3 Å². The zero-order valence-corrected chi connectivity index (χ0v) is 17.9. The molecule has 4 rings (SSSR count). The number of rotatable bonds is 5. The Labute approximate surface area is 184 Å². The van der Waals surface area contributed by atoms with Crippen LogP contribution in [0.1, 0.15) is 23.7 Å². The normalized spacial score (nSPS) is 16.3. The smallest absolute Gasteiger partial charge is 0.416 e. The first-order valence-corrected chi connectivity index (χ1v) is 11.6. The molecule has 2 heterocycles. The van der Waals surface area contributed by atoms with Gasteiger partial charge in [-0.3, -0.25) is 4.72 Å². The topological polar surface area (TPSA) is 77.5 Å². The largest absolute Gasteiger partial charge is 0.493 e. The molecule has 0 fully saturated rings. The monoisotopic (exact) mass is 490 g/mol. The van der Waals surface area contributed by atoms with E-state index in [-0.39, 0.29) is 27.4 Å². The van der Waals surface area contributed by atoms with Gasteiger partial charge >= 0.3 is 6.18 Å². The molecule has 31 heavy (non-hydrogen) atoms. The Morgan fingerprint density at radius 2 is 2.03 bits per heavy atom. The van der Waals surface area contributed by atoms with Crippen molar-refractivity contribution in [2.45, 2.75) is 23.6 Å². The van der Waals surface area contributed by atoms with Crippen LogP contribution in [0.4, 0.5) is 18.3 Å². The SMILES string of the molecule is O=S(=O)(Nc1nccs1)c1ccc2c(c1)OCCC2Oc1ccc(C(F)(F)F)cc1Cl. The van der Waals surface area contributed by atoms with Crippen LogP contribution in [0.15, 0.2) is 52.9 Å². The number of hydrogen-bond acceptors (Lipinski definition) is 6. The van der Waals surface area contributed by atoms with Crippen molar-refractivity contribution in [3.05, 3.63) is 64.1 Å². The molecule has 0 saturated carbocycles. The van der Waals surface area contributed by atoms with Crippen LogP contribution < -0.4 is 14.2 Å². The van der Waals surface area contributed by atoms with Gasteiger partial charge < -0.3 is 9.47 Å². The Morgan fingerprint density at radius 3 is 2.71 bits per heavy atom. The second-order valence-corrected chi connectivity index (χ2v) is 9.51. The van der Waals surface area contributed by atoms with E-state index in [1.807, 2.05) is 0 Å². The highest BCUT2D eigenvalue weighted by Gasteiger charge is 2.32. The predicted molar refractivity (Wildman–Crippen MR) is 109 cm³/mol. The van der Waals surface area contributed by atoms with Crippen LogP contribution in [0, 0.1) is 0 Å². The maximum Gasteiger partial charge on any atom is 0.416 e. The number of anilines is 1. The number of thiazole rings is 1. The van der Waals surface area contributed by atoms with Gasteiger partial charge in [0.15, 0.2) is 5.13 Å². The van der Waals surface area contributed by atoms with E-state index in [0.29, 0.717) is 17.7 Å². The van der Waals surface area contributed by atoms with E-state index < -0.39 is 27.9 Å². The molecular formula is C19H14ClF3N2O4S2. The molecule has 1 N–H and O–H groups in total. The number of aromatic nitrogens is 1. The van der Waals surface area contributed by atoms with E-state index in [9.17, 15) is 21.6 Å². The van der Waals surface area contributed by atoms with Crippen molar-refractivity contribution < 1.29 is 31.1 Å². The molecule has 12 heteroatoms. The predicted octanol–water partition coefficient (Wildman–Crippen LogP) is 5.52. The molecule has 2 aromatic carbocycles. The van der Waals surface area contributed by atoms with Crippen molar-refractivity contribution in [3.8, 4) is 11.5 Å². The summed E-state index contributed by atoms with van der Waals surface area (Å²) >= 11 is 7.13. The van der Waals surface area contributed by atoms with Crippen molar-refractivity contribution in [2.24, 2.45) is 0 Å². The van der Waals surface area contributed by atoms with E-state index in [0.717, 1.165) is 29.5 Å². The third-order valence-corrected chi connectivity index (χ3v) is 6.91. The zero-order chi connectivity index (χ0) is 22.2. The van der Waals surface area contributed by atoms with Crippen LogP contribution in [-0.4, -0.2) is 20.0 Å². The molecule has 1 aliphatic heterocycles. The first-order valence-electron chi connectivity index (χ1n) is 8.86. The van der Waals surface area contributed by atoms with Crippen LogP contribution in [0.25, 0.3) is 0 Å². The van der Waals surface area contributed by atoms with Gasteiger partial charge in [0.2, 0.25) is 0 Å². The summed E-state index contributed by atoms with van der Waals surface area (Å²) in [5.41, 5.74) is -0.310. The molecule has 1 aliphatic rings. The Kier molecular flexibility index (Phi) is 5.75. The number of alkyl halides is 3. The molecule has 0 spiro atoms. The molecule has 0 bridgehead atoms. The summed E-state index contributed by atoms with van der Waals surface area (Å²) in [5, 5.41) is 1.70. The van der Waals surface area contributed by atoms with Gasteiger partial charge in [-0.25, -0.2) is 13.4 Å². The Bertz CT molecular complexity index is 1200. The van der Waals surface area contributed by atoms with Gasteiger partial charge in [-0.15, -0.1) is 11.3 Å². The number of hydrogen-bond donors (Lipinski definition) is 1. The number of nitrogens with one attached hydrogen (secondary N) is 1. The molecule has 0 aliphatic carbocycles. The first-order chi connectivity index (χ1) is 14.6. The molecule has 6 nitrogen and oxygen atoms in total. The highest BCUT2D eigenvalue weighted by Crippen LogP contribution is 2.40. The molecule has 1 unspecified atom stereocenters.